The van der Waals surface area contributed by atoms with E-state index in [0.29, 0.717) is 6.61 Å². The van der Waals surface area contributed by atoms with Crippen molar-refractivity contribution in [1.29, 1.82) is 0 Å². The molecule has 3 heterocycles. The molecule has 1 aliphatic heterocycles. The van der Waals surface area contributed by atoms with Gasteiger partial charge < -0.3 is 9.30 Å². The van der Waals surface area contributed by atoms with E-state index in [1.54, 1.807) is 12.5 Å². The Hall–Kier alpha value is -2.35. The molecular weight excluding hydrogens is 352 g/mol. The summed E-state index contributed by atoms with van der Waals surface area (Å²) in [6.07, 6.45) is 3.38. The molecule has 28 heavy (non-hydrogen) atoms. The molecule has 0 amide bonds. The summed E-state index contributed by atoms with van der Waals surface area (Å²) in [6, 6.07) is 10.7. The second-order valence-corrected chi connectivity index (χ2v) is 7.15. The minimum atomic E-state index is 0.670. The molecular formula is C21H28N6O. The quantitative estimate of drug-likeness (QED) is 0.558. The molecule has 1 saturated heterocycles. The molecule has 4 rings (SSSR count). The van der Waals surface area contributed by atoms with Crippen LogP contribution in [0.15, 0.2) is 42.9 Å². The Morgan fingerprint density at radius 3 is 2.50 bits per heavy atom. The molecule has 0 bridgehead atoms. The minimum absolute atomic E-state index is 0.670. The van der Waals surface area contributed by atoms with Gasteiger partial charge in [0.15, 0.2) is 5.65 Å². The predicted molar refractivity (Wildman–Crippen MR) is 109 cm³/mol. The van der Waals surface area contributed by atoms with E-state index in [1.165, 1.54) is 5.56 Å². The lowest BCUT2D eigenvalue weighted by Gasteiger charge is -2.34. The molecule has 0 atom stereocenters. The number of rotatable bonds is 8. The Bertz CT molecular complexity index is 873. The summed E-state index contributed by atoms with van der Waals surface area (Å²) in [4.78, 5) is 18.4. The van der Waals surface area contributed by atoms with Gasteiger partial charge in [-0.2, -0.15) is 0 Å². The molecule has 1 aromatic carbocycles. The minimum Gasteiger partial charge on any atom is -0.380 e. The summed E-state index contributed by atoms with van der Waals surface area (Å²) < 4.78 is 7.74. The van der Waals surface area contributed by atoms with Gasteiger partial charge in [-0.25, -0.2) is 15.0 Å². The van der Waals surface area contributed by atoms with Gasteiger partial charge >= 0.3 is 0 Å². The molecule has 7 nitrogen and oxygen atoms in total. The average Bonchev–Trinajstić information content (AvgIpc) is 3.08. The van der Waals surface area contributed by atoms with Crippen molar-refractivity contribution in [1.82, 2.24) is 29.3 Å². The van der Waals surface area contributed by atoms with E-state index >= 15 is 0 Å². The first-order chi connectivity index (χ1) is 13.8. The maximum Gasteiger partial charge on any atom is 0.163 e. The SMILES string of the molecule is CCOCCn1c(CN2CCN(Cc3ccccc3)CC2)nc2cncnc21. The Balaban J connectivity index is 1.39. The van der Waals surface area contributed by atoms with Crippen LogP contribution in [0.1, 0.15) is 18.3 Å². The molecule has 0 aliphatic carbocycles. The number of hydrogen-bond donors (Lipinski definition) is 0. The summed E-state index contributed by atoms with van der Waals surface area (Å²) in [6.45, 7) is 10.3. The topological polar surface area (TPSA) is 59.3 Å². The number of piperazine rings is 1. The van der Waals surface area contributed by atoms with E-state index in [2.05, 4.69) is 54.7 Å². The van der Waals surface area contributed by atoms with Crippen molar-refractivity contribution >= 4 is 11.2 Å². The van der Waals surface area contributed by atoms with E-state index < -0.39 is 0 Å². The molecule has 148 valence electrons. The van der Waals surface area contributed by atoms with E-state index in [0.717, 1.165) is 69.4 Å². The largest absolute Gasteiger partial charge is 0.380 e. The van der Waals surface area contributed by atoms with Gasteiger partial charge in [-0.3, -0.25) is 9.80 Å². The lowest BCUT2D eigenvalue weighted by atomic mass is 10.2. The van der Waals surface area contributed by atoms with Crippen molar-refractivity contribution in [3.8, 4) is 0 Å². The number of aromatic nitrogens is 4. The number of fused-ring (bicyclic) bond motifs is 1. The highest BCUT2D eigenvalue weighted by Crippen LogP contribution is 2.16. The molecule has 0 unspecified atom stereocenters. The number of nitrogens with zero attached hydrogens (tertiary/aromatic N) is 6. The van der Waals surface area contributed by atoms with E-state index in [9.17, 15) is 0 Å². The van der Waals surface area contributed by atoms with Crippen LogP contribution in [-0.4, -0.2) is 68.7 Å². The van der Waals surface area contributed by atoms with Crippen LogP contribution in [-0.2, 0) is 24.4 Å². The monoisotopic (exact) mass is 380 g/mol. The molecule has 2 aromatic heterocycles. The molecule has 0 N–H and O–H groups in total. The van der Waals surface area contributed by atoms with Crippen LogP contribution in [0.2, 0.25) is 0 Å². The van der Waals surface area contributed by atoms with Gasteiger partial charge in [-0.15, -0.1) is 0 Å². The highest BCUT2D eigenvalue weighted by molar-refractivity contribution is 5.69. The van der Waals surface area contributed by atoms with Gasteiger partial charge in [-0.05, 0) is 12.5 Å². The maximum absolute atomic E-state index is 5.56. The summed E-state index contributed by atoms with van der Waals surface area (Å²) in [5.74, 6) is 1.05. The Morgan fingerprint density at radius 1 is 1.00 bits per heavy atom. The van der Waals surface area contributed by atoms with Crippen LogP contribution in [0, 0.1) is 0 Å². The molecule has 0 saturated carbocycles. The number of hydrogen-bond acceptors (Lipinski definition) is 6. The second kappa shape index (κ2) is 9.23. The predicted octanol–water partition coefficient (Wildman–Crippen LogP) is 2.18. The summed E-state index contributed by atoms with van der Waals surface area (Å²) in [5.41, 5.74) is 3.14. The van der Waals surface area contributed by atoms with Crippen LogP contribution in [0.4, 0.5) is 0 Å². The third-order valence-electron chi connectivity index (χ3n) is 5.23. The first-order valence-electron chi connectivity index (χ1n) is 10.0. The van der Waals surface area contributed by atoms with Gasteiger partial charge in [0.2, 0.25) is 0 Å². The Labute approximate surface area is 166 Å². The smallest absolute Gasteiger partial charge is 0.163 e. The third-order valence-corrected chi connectivity index (χ3v) is 5.23. The number of benzene rings is 1. The highest BCUT2D eigenvalue weighted by Gasteiger charge is 2.20. The maximum atomic E-state index is 5.56. The van der Waals surface area contributed by atoms with Crippen molar-refractivity contribution in [2.45, 2.75) is 26.6 Å². The highest BCUT2D eigenvalue weighted by atomic mass is 16.5. The average molecular weight is 380 g/mol. The first kappa shape index (κ1) is 19.0. The lowest BCUT2D eigenvalue weighted by Crippen LogP contribution is -2.45. The van der Waals surface area contributed by atoms with Gasteiger partial charge in [0.1, 0.15) is 17.7 Å². The van der Waals surface area contributed by atoms with Crippen LogP contribution < -0.4 is 0 Å². The normalized spacial score (nSPS) is 16.0. The molecule has 7 heteroatoms. The van der Waals surface area contributed by atoms with E-state index in [-0.39, 0.29) is 0 Å². The fraction of sp³-hybridized carbons (Fsp3) is 0.476. The van der Waals surface area contributed by atoms with E-state index in [4.69, 9.17) is 9.72 Å². The zero-order valence-electron chi connectivity index (χ0n) is 16.5. The third kappa shape index (κ3) is 4.55. The van der Waals surface area contributed by atoms with Gasteiger partial charge in [0.25, 0.3) is 0 Å². The van der Waals surface area contributed by atoms with Gasteiger partial charge in [0, 0.05) is 45.9 Å². The van der Waals surface area contributed by atoms with Crippen LogP contribution in [0.25, 0.3) is 11.2 Å². The lowest BCUT2D eigenvalue weighted by molar-refractivity contribution is 0.116. The summed E-state index contributed by atoms with van der Waals surface area (Å²) in [5, 5.41) is 0. The van der Waals surface area contributed by atoms with Crippen molar-refractivity contribution in [3.05, 3.63) is 54.2 Å². The molecule has 1 aliphatic rings. The van der Waals surface area contributed by atoms with Gasteiger partial charge in [0.05, 0.1) is 19.3 Å². The van der Waals surface area contributed by atoms with Crippen LogP contribution in [0.5, 0.6) is 0 Å². The van der Waals surface area contributed by atoms with Crippen LogP contribution in [0.3, 0.4) is 0 Å². The zero-order chi connectivity index (χ0) is 19.2. The molecule has 3 aromatic rings. The Morgan fingerprint density at radius 2 is 1.75 bits per heavy atom. The fourth-order valence-corrected chi connectivity index (χ4v) is 3.73. The van der Waals surface area contributed by atoms with E-state index in [1.807, 2.05) is 6.92 Å². The van der Waals surface area contributed by atoms with Crippen molar-refractivity contribution in [2.24, 2.45) is 0 Å². The standard InChI is InChI=1S/C21H28N6O/c1-2-28-13-12-27-20(24-19-14-22-17-23-21(19)27)16-26-10-8-25(9-11-26)15-18-6-4-3-5-7-18/h3-7,14,17H,2,8-13,15-16H2,1H3. The number of imidazole rings is 1. The zero-order valence-corrected chi connectivity index (χ0v) is 16.5. The number of ether oxygens (including phenoxy) is 1. The first-order valence-corrected chi connectivity index (χ1v) is 10.0. The molecule has 1 fully saturated rings. The molecule has 0 radical (unpaired) electrons. The fourth-order valence-electron chi connectivity index (χ4n) is 3.73. The second-order valence-electron chi connectivity index (χ2n) is 7.15. The van der Waals surface area contributed by atoms with Gasteiger partial charge in [-0.1, -0.05) is 30.3 Å². The summed E-state index contributed by atoms with van der Waals surface area (Å²) >= 11 is 0. The summed E-state index contributed by atoms with van der Waals surface area (Å²) in [7, 11) is 0. The Kier molecular flexibility index (Phi) is 6.26. The molecule has 0 spiro atoms. The van der Waals surface area contributed by atoms with Crippen molar-refractivity contribution < 1.29 is 4.74 Å². The van der Waals surface area contributed by atoms with Crippen molar-refractivity contribution in [3.63, 3.8) is 0 Å². The van der Waals surface area contributed by atoms with Crippen LogP contribution >= 0.6 is 0 Å². The van der Waals surface area contributed by atoms with Crippen molar-refractivity contribution in [2.75, 3.05) is 39.4 Å².